The first kappa shape index (κ1) is 22.5. The van der Waals surface area contributed by atoms with Crippen LogP contribution < -0.4 is 10.6 Å². The molecule has 3 N–H and O–H groups in total. The highest BCUT2D eigenvalue weighted by atomic mass is 35.5. The van der Waals surface area contributed by atoms with Gasteiger partial charge in [0.05, 0.1) is 0 Å². The highest BCUT2D eigenvalue weighted by molar-refractivity contribution is 7.80. The third-order valence-electron chi connectivity index (χ3n) is 4.43. The fourth-order valence-electron chi connectivity index (χ4n) is 3.05. The number of hydrogen-bond acceptors (Lipinski definition) is 3. The quantitative estimate of drug-likeness (QED) is 0.278. The Hall–Kier alpha value is -3.22. The highest BCUT2D eigenvalue weighted by Crippen LogP contribution is 2.26. The second kappa shape index (κ2) is 11.2. The average Bonchev–Trinajstić information content (AvgIpc) is 2.74. The van der Waals surface area contributed by atoms with Gasteiger partial charge in [0.15, 0.2) is 5.11 Å². The number of carboxylic acid groups (broad SMARTS) is 1. The van der Waals surface area contributed by atoms with E-state index in [0.29, 0.717) is 23.0 Å². The molecule has 0 fully saturated rings. The number of hydrogen-bond donors (Lipinski definition) is 3. The van der Waals surface area contributed by atoms with E-state index in [2.05, 4.69) is 21.7 Å². The van der Waals surface area contributed by atoms with E-state index in [1.54, 1.807) is 24.5 Å². The number of pyridine rings is 1. The third kappa shape index (κ3) is 7.20. The molecule has 0 saturated carbocycles. The summed E-state index contributed by atoms with van der Waals surface area (Å²) < 4.78 is 0. The Morgan fingerprint density at radius 3 is 2.42 bits per heavy atom. The summed E-state index contributed by atoms with van der Waals surface area (Å²) in [7, 11) is 0. The monoisotopic (exact) mass is 451 g/mol. The minimum absolute atomic E-state index is 0.141. The van der Waals surface area contributed by atoms with Crippen LogP contribution in [-0.2, 0) is 4.79 Å². The molecule has 3 aromatic rings. The number of anilines is 2. The lowest BCUT2D eigenvalue weighted by molar-refractivity contribution is -0.137. The Labute approximate surface area is 191 Å². The van der Waals surface area contributed by atoms with Crippen LogP contribution in [0.3, 0.4) is 0 Å². The van der Waals surface area contributed by atoms with Crippen LogP contribution in [0.25, 0.3) is 5.57 Å². The summed E-state index contributed by atoms with van der Waals surface area (Å²) in [5, 5.41) is 16.3. The minimum atomic E-state index is -0.789. The van der Waals surface area contributed by atoms with Gasteiger partial charge in [-0.15, -0.1) is 0 Å². The van der Waals surface area contributed by atoms with Crippen LogP contribution in [-0.4, -0.2) is 21.2 Å². The van der Waals surface area contributed by atoms with Gasteiger partial charge in [-0.05, 0) is 72.6 Å². The highest BCUT2D eigenvalue weighted by Gasteiger charge is 2.08. The van der Waals surface area contributed by atoms with Crippen LogP contribution in [0.1, 0.15) is 30.4 Å². The van der Waals surface area contributed by atoms with E-state index in [1.807, 2.05) is 48.5 Å². The summed E-state index contributed by atoms with van der Waals surface area (Å²) in [6.45, 7) is 0. The molecule has 158 valence electrons. The molecule has 3 rings (SSSR count). The first-order chi connectivity index (χ1) is 15.0. The maximum atomic E-state index is 10.8. The molecule has 0 unspecified atom stereocenters. The van der Waals surface area contributed by atoms with Crippen molar-refractivity contribution in [3.05, 3.63) is 95.3 Å². The number of nitrogens with one attached hydrogen (secondary N) is 2. The van der Waals surface area contributed by atoms with E-state index in [-0.39, 0.29) is 6.42 Å². The smallest absolute Gasteiger partial charge is 0.303 e. The zero-order valence-corrected chi connectivity index (χ0v) is 18.3. The van der Waals surface area contributed by atoms with E-state index in [0.717, 1.165) is 28.1 Å². The van der Waals surface area contributed by atoms with Gasteiger partial charge in [-0.25, -0.2) is 0 Å². The number of rotatable bonds is 8. The van der Waals surface area contributed by atoms with E-state index in [4.69, 9.17) is 28.9 Å². The largest absolute Gasteiger partial charge is 0.481 e. The molecule has 1 aromatic heterocycles. The molecule has 0 saturated heterocycles. The molecule has 0 spiro atoms. The lowest BCUT2D eigenvalue weighted by Crippen LogP contribution is -2.19. The first-order valence-corrected chi connectivity index (χ1v) is 10.6. The van der Waals surface area contributed by atoms with Crippen LogP contribution in [0.15, 0.2) is 79.1 Å². The SMILES string of the molecule is O=C(O)CCC/C=C(\c1cccnc1)c1cccc(NC(=S)Nc2cccc(Cl)c2)c1. The summed E-state index contributed by atoms with van der Waals surface area (Å²) in [5.74, 6) is -0.789. The van der Waals surface area contributed by atoms with Crippen LogP contribution in [0.4, 0.5) is 11.4 Å². The second-order valence-electron chi connectivity index (χ2n) is 6.82. The molecule has 31 heavy (non-hydrogen) atoms. The maximum Gasteiger partial charge on any atom is 0.303 e. The van der Waals surface area contributed by atoms with Gasteiger partial charge in [-0.2, -0.15) is 0 Å². The van der Waals surface area contributed by atoms with Gasteiger partial charge in [-0.1, -0.05) is 41.9 Å². The number of carbonyl (C=O) groups is 1. The fourth-order valence-corrected chi connectivity index (χ4v) is 3.47. The zero-order valence-electron chi connectivity index (χ0n) is 16.7. The topological polar surface area (TPSA) is 74.2 Å². The predicted octanol–water partition coefficient (Wildman–Crippen LogP) is 6.23. The van der Waals surface area contributed by atoms with Gasteiger partial charge in [0.2, 0.25) is 0 Å². The normalized spacial score (nSPS) is 11.1. The molecule has 7 heteroatoms. The summed E-state index contributed by atoms with van der Waals surface area (Å²) in [5.41, 5.74) is 4.58. The van der Waals surface area contributed by atoms with E-state index in [9.17, 15) is 4.79 Å². The second-order valence-corrected chi connectivity index (χ2v) is 7.66. The Morgan fingerprint density at radius 2 is 1.74 bits per heavy atom. The summed E-state index contributed by atoms with van der Waals surface area (Å²) in [6, 6.07) is 19.1. The summed E-state index contributed by atoms with van der Waals surface area (Å²) in [4.78, 5) is 15.0. The van der Waals surface area contributed by atoms with Gasteiger partial charge in [0.25, 0.3) is 0 Å². The van der Waals surface area contributed by atoms with Gasteiger partial charge < -0.3 is 15.7 Å². The predicted molar refractivity (Wildman–Crippen MR) is 131 cm³/mol. The van der Waals surface area contributed by atoms with E-state index >= 15 is 0 Å². The molecule has 0 aliphatic heterocycles. The Kier molecular flexibility index (Phi) is 8.15. The standard InChI is InChI=1S/C24H22ClN3O2S/c25-19-8-4-10-21(15-19)28-24(31)27-20-9-3-6-17(14-20)22(11-1-2-12-23(29)30)18-7-5-13-26-16-18/h3-11,13-16H,1-2,12H2,(H,29,30)(H2,27,28,31)/b22-11-. The van der Waals surface area contributed by atoms with E-state index in [1.165, 1.54) is 0 Å². The van der Waals surface area contributed by atoms with Crippen molar-refractivity contribution < 1.29 is 9.90 Å². The molecule has 0 aliphatic carbocycles. The van der Waals surface area contributed by atoms with Crippen molar-refractivity contribution >= 4 is 51.8 Å². The van der Waals surface area contributed by atoms with Crippen LogP contribution in [0.5, 0.6) is 0 Å². The molecule has 0 atom stereocenters. The molecule has 0 amide bonds. The van der Waals surface area contributed by atoms with Crippen molar-refractivity contribution in [3.8, 4) is 0 Å². The molecule has 0 bridgehead atoms. The number of thiocarbonyl (C=S) groups is 1. The lowest BCUT2D eigenvalue weighted by atomic mass is 9.97. The summed E-state index contributed by atoms with van der Waals surface area (Å²) >= 11 is 11.5. The zero-order chi connectivity index (χ0) is 22.1. The van der Waals surface area contributed by atoms with Crippen molar-refractivity contribution in [2.75, 3.05) is 10.6 Å². The maximum absolute atomic E-state index is 10.8. The minimum Gasteiger partial charge on any atom is -0.481 e. The number of allylic oxidation sites excluding steroid dienone is 1. The Morgan fingerprint density at radius 1 is 1.03 bits per heavy atom. The third-order valence-corrected chi connectivity index (χ3v) is 4.87. The Balaban J connectivity index is 1.77. The van der Waals surface area contributed by atoms with Gasteiger partial charge in [0.1, 0.15) is 0 Å². The number of benzene rings is 2. The van der Waals surface area contributed by atoms with Gasteiger partial charge in [-0.3, -0.25) is 9.78 Å². The lowest BCUT2D eigenvalue weighted by Gasteiger charge is -2.13. The first-order valence-electron chi connectivity index (χ1n) is 9.77. The molecule has 0 radical (unpaired) electrons. The summed E-state index contributed by atoms with van der Waals surface area (Å²) in [6.07, 6.45) is 6.95. The molecular weight excluding hydrogens is 430 g/mol. The number of carboxylic acids is 1. The van der Waals surface area contributed by atoms with Crippen molar-refractivity contribution in [2.45, 2.75) is 19.3 Å². The molecular formula is C24H22ClN3O2S. The number of aliphatic carboxylic acids is 1. The van der Waals surface area contributed by atoms with Crippen molar-refractivity contribution in [2.24, 2.45) is 0 Å². The van der Waals surface area contributed by atoms with Crippen LogP contribution in [0, 0.1) is 0 Å². The number of unbranched alkanes of at least 4 members (excludes halogenated alkanes) is 1. The van der Waals surface area contributed by atoms with E-state index < -0.39 is 5.97 Å². The van der Waals surface area contributed by atoms with Gasteiger partial charge >= 0.3 is 5.97 Å². The average molecular weight is 452 g/mol. The Bertz CT molecular complexity index is 1090. The van der Waals surface area contributed by atoms with Crippen molar-refractivity contribution in [1.82, 2.24) is 4.98 Å². The van der Waals surface area contributed by atoms with Crippen molar-refractivity contribution in [3.63, 3.8) is 0 Å². The number of halogens is 1. The molecule has 2 aromatic carbocycles. The van der Waals surface area contributed by atoms with Gasteiger partial charge in [0, 0.05) is 40.8 Å². The van der Waals surface area contributed by atoms with Crippen LogP contribution in [0.2, 0.25) is 5.02 Å². The van der Waals surface area contributed by atoms with Crippen molar-refractivity contribution in [1.29, 1.82) is 0 Å². The molecule has 5 nitrogen and oxygen atoms in total. The molecule has 1 heterocycles. The number of nitrogens with zero attached hydrogens (tertiary/aromatic N) is 1. The van der Waals surface area contributed by atoms with Crippen LogP contribution >= 0.6 is 23.8 Å². The fraction of sp³-hybridized carbons (Fsp3) is 0.125. The molecule has 0 aliphatic rings. The number of aromatic nitrogens is 1.